The summed E-state index contributed by atoms with van der Waals surface area (Å²) in [6.45, 7) is 0.657. The van der Waals surface area contributed by atoms with E-state index >= 15 is 0 Å². The number of hydrogen-bond donors (Lipinski definition) is 2. The predicted molar refractivity (Wildman–Crippen MR) is 123 cm³/mol. The molecule has 2 amide bonds. The Hall–Kier alpha value is -3.33. The van der Waals surface area contributed by atoms with Crippen LogP contribution in [-0.2, 0) is 11.8 Å². The molecule has 1 aromatic heterocycles. The molecule has 4 rings (SSSR count). The Morgan fingerprint density at radius 1 is 1.12 bits per heavy atom. The number of aliphatic hydroxyl groups is 1. The van der Waals surface area contributed by atoms with E-state index in [4.69, 9.17) is 0 Å². The number of rotatable bonds is 5. The minimum atomic E-state index is -4.80. The van der Waals surface area contributed by atoms with Crippen LogP contribution in [0.5, 0.6) is 0 Å². The quantitative estimate of drug-likeness (QED) is 0.575. The number of nitrogens with one attached hydrogen (secondary N) is 1. The van der Waals surface area contributed by atoms with Gasteiger partial charge >= 0.3 is 6.18 Å². The third kappa shape index (κ3) is 5.09. The van der Waals surface area contributed by atoms with Gasteiger partial charge in [0.25, 0.3) is 5.91 Å². The number of piperidine rings is 1. The Morgan fingerprint density at radius 3 is 2.44 bits per heavy atom. The Balaban J connectivity index is 1.46. The Bertz CT molecular complexity index is 1180. The van der Waals surface area contributed by atoms with Gasteiger partial charge in [-0.15, -0.1) is 0 Å². The smallest absolute Gasteiger partial charge is 0.383 e. The molecule has 0 spiro atoms. The number of nitrogens with zero attached hydrogens (tertiary/aromatic N) is 2. The SMILES string of the molecule is Cn1cc(C2CCN(C(=O)CC(O)C(F)(F)F)CC2)c2cc(NC(=O)c3ccccc3)ccc21. The zero-order valence-corrected chi connectivity index (χ0v) is 18.7. The lowest BCUT2D eigenvalue weighted by atomic mass is 9.89. The molecule has 0 saturated carbocycles. The highest BCUT2D eigenvalue weighted by Gasteiger charge is 2.40. The van der Waals surface area contributed by atoms with E-state index in [0.29, 0.717) is 37.2 Å². The topological polar surface area (TPSA) is 74.6 Å². The first-order valence-electron chi connectivity index (χ1n) is 11.1. The molecular weight excluding hydrogens is 447 g/mol. The molecule has 2 heterocycles. The van der Waals surface area contributed by atoms with E-state index < -0.39 is 24.6 Å². The van der Waals surface area contributed by atoms with Crippen molar-refractivity contribution in [1.29, 1.82) is 0 Å². The van der Waals surface area contributed by atoms with Gasteiger partial charge in [0, 0.05) is 48.5 Å². The molecule has 0 radical (unpaired) electrons. The molecule has 34 heavy (non-hydrogen) atoms. The van der Waals surface area contributed by atoms with Gasteiger partial charge in [-0.05, 0) is 54.7 Å². The Labute approximate surface area is 195 Å². The highest BCUT2D eigenvalue weighted by molar-refractivity contribution is 6.05. The van der Waals surface area contributed by atoms with E-state index in [-0.39, 0.29) is 11.8 Å². The van der Waals surface area contributed by atoms with Gasteiger partial charge in [0.05, 0.1) is 6.42 Å². The fraction of sp³-hybridized carbons (Fsp3) is 0.360. The first kappa shape index (κ1) is 23.8. The fourth-order valence-electron chi connectivity index (χ4n) is 4.47. The van der Waals surface area contributed by atoms with E-state index in [2.05, 4.69) is 5.32 Å². The summed E-state index contributed by atoms with van der Waals surface area (Å²) in [5.74, 6) is -0.766. The predicted octanol–water partition coefficient (Wildman–Crippen LogP) is 4.45. The number of amides is 2. The lowest BCUT2D eigenvalue weighted by Crippen LogP contribution is -2.41. The zero-order valence-electron chi connectivity index (χ0n) is 18.7. The van der Waals surface area contributed by atoms with Gasteiger partial charge in [0.1, 0.15) is 0 Å². The van der Waals surface area contributed by atoms with Crippen LogP contribution in [0.1, 0.15) is 41.1 Å². The fourth-order valence-corrected chi connectivity index (χ4v) is 4.47. The molecule has 9 heteroatoms. The summed E-state index contributed by atoms with van der Waals surface area (Å²) >= 11 is 0. The summed E-state index contributed by atoms with van der Waals surface area (Å²) in [4.78, 5) is 26.1. The maximum atomic E-state index is 12.6. The number of aryl methyl sites for hydroxylation is 1. The van der Waals surface area contributed by atoms with Crippen molar-refractivity contribution in [3.63, 3.8) is 0 Å². The van der Waals surface area contributed by atoms with E-state index in [1.54, 1.807) is 24.3 Å². The monoisotopic (exact) mass is 473 g/mol. The molecule has 1 atom stereocenters. The lowest BCUT2D eigenvalue weighted by Gasteiger charge is -2.32. The number of benzene rings is 2. The van der Waals surface area contributed by atoms with Gasteiger partial charge in [-0.25, -0.2) is 0 Å². The van der Waals surface area contributed by atoms with Crippen molar-refractivity contribution in [1.82, 2.24) is 9.47 Å². The van der Waals surface area contributed by atoms with Crippen molar-refractivity contribution in [2.75, 3.05) is 18.4 Å². The van der Waals surface area contributed by atoms with Crippen molar-refractivity contribution >= 4 is 28.4 Å². The second-order valence-corrected chi connectivity index (χ2v) is 8.66. The summed E-state index contributed by atoms with van der Waals surface area (Å²) < 4.78 is 39.7. The van der Waals surface area contributed by atoms with E-state index in [1.807, 2.05) is 42.1 Å². The number of anilines is 1. The maximum Gasteiger partial charge on any atom is 0.414 e. The summed E-state index contributed by atoms with van der Waals surface area (Å²) in [5.41, 5.74) is 3.31. The van der Waals surface area contributed by atoms with Crippen LogP contribution in [0.2, 0.25) is 0 Å². The molecule has 2 N–H and O–H groups in total. The number of carbonyl (C=O) groups is 2. The second-order valence-electron chi connectivity index (χ2n) is 8.66. The molecule has 1 aliphatic rings. The van der Waals surface area contributed by atoms with Crippen LogP contribution < -0.4 is 5.32 Å². The minimum Gasteiger partial charge on any atom is -0.383 e. The molecule has 0 aliphatic carbocycles. The largest absolute Gasteiger partial charge is 0.414 e. The molecule has 3 aromatic rings. The molecule has 1 aliphatic heterocycles. The number of carbonyl (C=O) groups excluding carboxylic acids is 2. The van der Waals surface area contributed by atoms with Crippen LogP contribution in [0.3, 0.4) is 0 Å². The van der Waals surface area contributed by atoms with Crippen molar-refractivity contribution in [3.8, 4) is 0 Å². The van der Waals surface area contributed by atoms with Gasteiger partial charge in [-0.1, -0.05) is 18.2 Å². The molecule has 0 bridgehead atoms. The van der Waals surface area contributed by atoms with E-state index in [9.17, 15) is 27.9 Å². The second kappa shape index (κ2) is 9.50. The molecule has 180 valence electrons. The highest BCUT2D eigenvalue weighted by Crippen LogP contribution is 2.36. The number of halogens is 3. The summed E-state index contributed by atoms with van der Waals surface area (Å²) in [6, 6.07) is 14.6. The lowest BCUT2D eigenvalue weighted by molar-refractivity contribution is -0.207. The van der Waals surface area contributed by atoms with Crippen molar-refractivity contribution < 1.29 is 27.9 Å². The van der Waals surface area contributed by atoms with Gasteiger partial charge in [-0.2, -0.15) is 13.2 Å². The standard InChI is InChI=1S/C25H26F3N3O3/c1-30-15-20(16-9-11-31(12-10-16)23(33)14-22(32)25(26,27)28)19-13-18(7-8-21(19)30)29-24(34)17-5-3-2-4-6-17/h2-8,13,15-16,22,32H,9-12,14H2,1H3,(H,29,34). The van der Waals surface area contributed by atoms with E-state index in [1.165, 1.54) is 4.90 Å². The number of aliphatic hydroxyl groups excluding tert-OH is 1. The molecule has 6 nitrogen and oxygen atoms in total. The number of hydrogen-bond acceptors (Lipinski definition) is 3. The highest BCUT2D eigenvalue weighted by atomic mass is 19.4. The molecule has 1 saturated heterocycles. The van der Waals surface area contributed by atoms with Crippen molar-refractivity contribution in [2.45, 2.75) is 37.5 Å². The number of aromatic nitrogens is 1. The van der Waals surface area contributed by atoms with Crippen molar-refractivity contribution in [2.24, 2.45) is 7.05 Å². The van der Waals surface area contributed by atoms with Gasteiger partial charge < -0.3 is 19.9 Å². The van der Waals surface area contributed by atoms with Crippen LogP contribution in [0, 0.1) is 0 Å². The van der Waals surface area contributed by atoms with Crippen LogP contribution in [0.15, 0.2) is 54.7 Å². The molecule has 1 fully saturated rings. The Kier molecular flexibility index (Phi) is 6.65. The zero-order chi connectivity index (χ0) is 24.5. The molecular formula is C25H26F3N3O3. The first-order valence-corrected chi connectivity index (χ1v) is 11.1. The van der Waals surface area contributed by atoms with E-state index in [0.717, 1.165) is 16.5 Å². The van der Waals surface area contributed by atoms with Crippen LogP contribution in [0.25, 0.3) is 10.9 Å². The minimum absolute atomic E-state index is 0.125. The van der Waals surface area contributed by atoms with Gasteiger partial charge in [0.15, 0.2) is 6.10 Å². The third-order valence-corrected chi connectivity index (χ3v) is 6.35. The summed E-state index contributed by atoms with van der Waals surface area (Å²) in [6.07, 6.45) is -5.15. The van der Waals surface area contributed by atoms with Gasteiger partial charge in [0.2, 0.25) is 5.91 Å². The number of alkyl halides is 3. The van der Waals surface area contributed by atoms with Crippen LogP contribution in [0.4, 0.5) is 18.9 Å². The average molecular weight is 473 g/mol. The Morgan fingerprint density at radius 2 is 1.79 bits per heavy atom. The van der Waals surface area contributed by atoms with Crippen LogP contribution in [-0.4, -0.2) is 51.8 Å². The third-order valence-electron chi connectivity index (χ3n) is 6.35. The molecule has 2 aromatic carbocycles. The maximum absolute atomic E-state index is 12.6. The molecule has 1 unspecified atom stereocenters. The number of fused-ring (bicyclic) bond motifs is 1. The normalized spacial score (nSPS) is 16.0. The van der Waals surface area contributed by atoms with Gasteiger partial charge in [-0.3, -0.25) is 9.59 Å². The van der Waals surface area contributed by atoms with Crippen molar-refractivity contribution in [3.05, 3.63) is 65.9 Å². The first-order chi connectivity index (χ1) is 16.1. The van der Waals surface area contributed by atoms with Crippen LogP contribution >= 0.6 is 0 Å². The summed E-state index contributed by atoms with van der Waals surface area (Å²) in [7, 11) is 1.94. The summed E-state index contributed by atoms with van der Waals surface area (Å²) in [5, 5.41) is 13.1. The number of likely N-dealkylation sites (tertiary alicyclic amines) is 1. The average Bonchev–Trinajstić information content (AvgIpc) is 3.14.